The summed E-state index contributed by atoms with van der Waals surface area (Å²) in [7, 11) is 0. The molecule has 2 N–H and O–H groups in total. The van der Waals surface area contributed by atoms with Gasteiger partial charge in [0.2, 0.25) is 5.91 Å². The third kappa shape index (κ3) is 4.41. The zero-order valence-electron chi connectivity index (χ0n) is 17.4. The number of fused-ring (bicyclic) bond motifs is 1. The minimum absolute atomic E-state index is 0.0450. The van der Waals surface area contributed by atoms with E-state index in [9.17, 15) is 14.4 Å². The molecular formula is C23H27N3O3S. The molecule has 158 valence electrons. The fourth-order valence-corrected chi connectivity index (χ4v) is 5.53. The second-order valence-electron chi connectivity index (χ2n) is 8.32. The van der Waals surface area contributed by atoms with Crippen molar-refractivity contribution >= 4 is 29.1 Å². The van der Waals surface area contributed by atoms with Crippen molar-refractivity contribution in [1.82, 2.24) is 15.8 Å². The van der Waals surface area contributed by atoms with E-state index >= 15 is 0 Å². The zero-order chi connectivity index (χ0) is 21.3. The molecule has 0 spiro atoms. The summed E-state index contributed by atoms with van der Waals surface area (Å²) >= 11 is 1.51. The summed E-state index contributed by atoms with van der Waals surface area (Å²) in [5.74, 6) is -0.897. The van der Waals surface area contributed by atoms with Crippen LogP contribution in [0.4, 0.5) is 0 Å². The van der Waals surface area contributed by atoms with Gasteiger partial charge in [0.15, 0.2) is 0 Å². The summed E-state index contributed by atoms with van der Waals surface area (Å²) in [5.41, 5.74) is 9.12. The van der Waals surface area contributed by atoms with Crippen LogP contribution in [0.5, 0.6) is 0 Å². The third-order valence-electron chi connectivity index (χ3n) is 5.82. The van der Waals surface area contributed by atoms with Gasteiger partial charge in [0.05, 0.1) is 10.8 Å². The molecule has 3 amide bonds. The highest BCUT2D eigenvalue weighted by atomic mass is 32.1. The molecule has 0 radical (unpaired) electrons. The Hall–Kier alpha value is -2.67. The van der Waals surface area contributed by atoms with Crippen molar-refractivity contribution in [3.63, 3.8) is 0 Å². The van der Waals surface area contributed by atoms with Gasteiger partial charge in [0.25, 0.3) is 11.8 Å². The number of nitrogens with zero attached hydrogens (tertiary/aromatic N) is 1. The van der Waals surface area contributed by atoms with Gasteiger partial charge in [-0.1, -0.05) is 17.2 Å². The van der Waals surface area contributed by atoms with Gasteiger partial charge < -0.3 is 4.90 Å². The molecule has 1 aliphatic heterocycles. The summed E-state index contributed by atoms with van der Waals surface area (Å²) in [6.07, 6.45) is 4.68. The van der Waals surface area contributed by atoms with E-state index in [1.807, 2.05) is 38.1 Å². The summed E-state index contributed by atoms with van der Waals surface area (Å²) in [5, 5.41) is 0. The van der Waals surface area contributed by atoms with Crippen LogP contribution in [0.25, 0.3) is 0 Å². The fraction of sp³-hybridized carbons (Fsp3) is 0.435. The summed E-state index contributed by atoms with van der Waals surface area (Å²) < 4.78 is 0. The van der Waals surface area contributed by atoms with Crippen molar-refractivity contribution in [2.24, 2.45) is 5.92 Å². The molecule has 0 saturated carbocycles. The van der Waals surface area contributed by atoms with Crippen molar-refractivity contribution in [3.05, 3.63) is 56.3 Å². The molecule has 6 nitrogen and oxygen atoms in total. The molecular weight excluding hydrogens is 398 g/mol. The third-order valence-corrected chi connectivity index (χ3v) is 7.05. The number of hydrazine groups is 1. The number of likely N-dealkylation sites (tertiary alicyclic amines) is 1. The molecule has 1 aromatic heterocycles. The van der Waals surface area contributed by atoms with Gasteiger partial charge in [-0.05, 0) is 69.7 Å². The Bertz CT molecular complexity index is 956. The zero-order valence-corrected chi connectivity index (χ0v) is 18.2. The number of nitrogens with one attached hydrogen (secondary N) is 2. The van der Waals surface area contributed by atoms with Gasteiger partial charge >= 0.3 is 0 Å². The van der Waals surface area contributed by atoms with Crippen molar-refractivity contribution in [2.75, 3.05) is 13.1 Å². The average molecular weight is 426 g/mol. The molecule has 2 heterocycles. The minimum Gasteiger partial charge on any atom is -0.338 e. The summed E-state index contributed by atoms with van der Waals surface area (Å²) in [6.45, 7) is 4.95. The first-order valence-corrected chi connectivity index (χ1v) is 11.3. The monoisotopic (exact) mass is 425 g/mol. The van der Waals surface area contributed by atoms with Crippen LogP contribution in [0.3, 0.4) is 0 Å². The maximum absolute atomic E-state index is 12.9. The number of hydrogen-bond donors (Lipinski definition) is 2. The highest BCUT2D eigenvalue weighted by molar-refractivity contribution is 7.14. The van der Waals surface area contributed by atoms with Crippen LogP contribution in [0, 0.1) is 19.8 Å². The molecule has 1 aromatic carbocycles. The number of aryl methyl sites for hydroxylation is 4. The van der Waals surface area contributed by atoms with Crippen molar-refractivity contribution in [2.45, 2.75) is 46.0 Å². The van der Waals surface area contributed by atoms with E-state index in [1.54, 1.807) is 4.90 Å². The first-order chi connectivity index (χ1) is 14.4. The lowest BCUT2D eigenvalue weighted by Gasteiger charge is -2.32. The molecule has 2 aliphatic rings. The number of carbonyl (C=O) groups is 3. The summed E-state index contributed by atoms with van der Waals surface area (Å²) in [6, 6.07) is 7.74. The molecule has 1 unspecified atom stereocenters. The van der Waals surface area contributed by atoms with Gasteiger partial charge in [-0.2, -0.15) is 0 Å². The van der Waals surface area contributed by atoms with Gasteiger partial charge in [0, 0.05) is 23.5 Å². The Balaban J connectivity index is 1.33. The fourth-order valence-electron chi connectivity index (χ4n) is 4.38. The first kappa shape index (κ1) is 20.6. The van der Waals surface area contributed by atoms with Gasteiger partial charge in [-0.3, -0.25) is 25.2 Å². The van der Waals surface area contributed by atoms with E-state index in [2.05, 4.69) is 10.9 Å². The Morgan fingerprint density at radius 3 is 2.50 bits per heavy atom. The second-order valence-corrected chi connectivity index (χ2v) is 9.46. The number of thiophene rings is 1. The van der Waals surface area contributed by atoms with Crippen molar-refractivity contribution < 1.29 is 14.4 Å². The van der Waals surface area contributed by atoms with Gasteiger partial charge in [0.1, 0.15) is 0 Å². The Morgan fingerprint density at radius 1 is 1.00 bits per heavy atom. The number of carbonyl (C=O) groups excluding carboxylic acids is 3. The van der Waals surface area contributed by atoms with Crippen LogP contribution in [0.2, 0.25) is 0 Å². The molecule has 7 heteroatoms. The van der Waals surface area contributed by atoms with Crippen LogP contribution in [0.15, 0.2) is 24.3 Å². The average Bonchev–Trinajstić information content (AvgIpc) is 3.33. The van der Waals surface area contributed by atoms with Gasteiger partial charge in [-0.15, -0.1) is 11.3 Å². The van der Waals surface area contributed by atoms with E-state index in [-0.39, 0.29) is 23.6 Å². The Morgan fingerprint density at radius 2 is 1.77 bits per heavy atom. The lowest BCUT2D eigenvalue weighted by molar-refractivity contribution is -0.127. The van der Waals surface area contributed by atoms with Crippen LogP contribution in [0.1, 0.15) is 60.9 Å². The SMILES string of the molecule is Cc1cc(C)cc(C(=O)N2CCCC(C(=O)NNC(=O)c3cc4c(s3)CCC4)C2)c1. The molecule has 4 rings (SSSR count). The Labute approximate surface area is 180 Å². The largest absolute Gasteiger partial charge is 0.338 e. The maximum Gasteiger partial charge on any atom is 0.279 e. The standard InChI is InChI=1S/C23H27N3O3S/c1-14-9-15(2)11-18(10-14)23(29)26-8-4-6-17(13-26)21(27)24-25-22(28)20-12-16-5-3-7-19(16)30-20/h9-12,17H,3-8,13H2,1-2H3,(H,24,27)(H,25,28). The number of hydrogen-bond acceptors (Lipinski definition) is 4. The molecule has 1 fully saturated rings. The molecule has 1 aliphatic carbocycles. The number of rotatable bonds is 3. The molecule has 1 atom stereocenters. The predicted octanol–water partition coefficient (Wildman–Crippen LogP) is 3.17. The maximum atomic E-state index is 12.9. The van der Waals surface area contributed by atoms with Crippen LogP contribution in [-0.2, 0) is 17.6 Å². The predicted molar refractivity (Wildman–Crippen MR) is 116 cm³/mol. The van der Waals surface area contributed by atoms with Gasteiger partial charge in [-0.25, -0.2) is 0 Å². The topological polar surface area (TPSA) is 78.5 Å². The lowest BCUT2D eigenvalue weighted by atomic mass is 9.96. The second kappa shape index (κ2) is 8.60. The van der Waals surface area contributed by atoms with E-state index in [1.165, 1.54) is 21.8 Å². The molecule has 1 saturated heterocycles. The van der Waals surface area contributed by atoms with E-state index < -0.39 is 0 Å². The Kier molecular flexibility index (Phi) is 5.90. The molecule has 0 bridgehead atoms. The van der Waals surface area contributed by atoms with Crippen LogP contribution >= 0.6 is 11.3 Å². The molecule has 2 aromatic rings. The van der Waals surface area contributed by atoms with Crippen LogP contribution in [-0.4, -0.2) is 35.7 Å². The van der Waals surface area contributed by atoms with E-state index in [0.717, 1.165) is 36.8 Å². The number of amides is 3. The van der Waals surface area contributed by atoms with Crippen molar-refractivity contribution in [1.29, 1.82) is 0 Å². The van der Waals surface area contributed by atoms with Crippen LogP contribution < -0.4 is 10.9 Å². The number of piperidine rings is 1. The van der Waals surface area contributed by atoms with E-state index in [4.69, 9.17) is 0 Å². The quantitative estimate of drug-likeness (QED) is 0.742. The molecule has 30 heavy (non-hydrogen) atoms. The number of benzene rings is 1. The highest BCUT2D eigenvalue weighted by Crippen LogP contribution is 2.30. The first-order valence-electron chi connectivity index (χ1n) is 10.5. The lowest BCUT2D eigenvalue weighted by Crippen LogP contribution is -2.50. The highest BCUT2D eigenvalue weighted by Gasteiger charge is 2.29. The summed E-state index contributed by atoms with van der Waals surface area (Å²) in [4.78, 5) is 41.6. The van der Waals surface area contributed by atoms with E-state index in [0.29, 0.717) is 30.0 Å². The van der Waals surface area contributed by atoms with Crippen molar-refractivity contribution in [3.8, 4) is 0 Å². The normalized spacial score (nSPS) is 18.1. The minimum atomic E-state index is -0.331. The smallest absolute Gasteiger partial charge is 0.279 e.